The molecule has 0 amide bonds. The SMILES string of the molecule is CCCc1ccc([C@H](O)CSc2n[nH]c(=O)n2C2CC2)cc1. The second-order valence-corrected chi connectivity index (χ2v) is 6.72. The van der Waals surface area contributed by atoms with Gasteiger partial charge >= 0.3 is 5.69 Å². The highest BCUT2D eigenvalue weighted by Crippen LogP contribution is 2.36. The topological polar surface area (TPSA) is 70.9 Å². The number of aliphatic hydroxyl groups excluding tert-OH is 1. The van der Waals surface area contributed by atoms with E-state index in [1.807, 2.05) is 12.1 Å². The lowest BCUT2D eigenvalue weighted by molar-refractivity contribution is 0.204. The molecule has 6 heteroatoms. The number of H-pyrrole nitrogens is 1. The lowest BCUT2D eigenvalue weighted by atomic mass is 10.1. The third-order valence-corrected chi connectivity index (χ3v) is 4.89. The number of aliphatic hydroxyl groups is 1. The van der Waals surface area contributed by atoms with Gasteiger partial charge in [0.2, 0.25) is 0 Å². The first-order valence-corrected chi connectivity index (χ1v) is 8.74. The van der Waals surface area contributed by atoms with Gasteiger partial charge in [0.15, 0.2) is 5.16 Å². The van der Waals surface area contributed by atoms with E-state index >= 15 is 0 Å². The number of rotatable bonds is 7. The largest absolute Gasteiger partial charge is 0.388 e. The standard InChI is InChI=1S/C16H21N3O2S/c1-2-3-11-4-6-12(7-5-11)14(20)10-22-16-18-17-15(21)19(16)13-8-9-13/h4-7,13-14,20H,2-3,8-10H2,1H3,(H,17,21)/t14-/m1/s1. The fourth-order valence-corrected chi connectivity index (χ4v) is 3.47. The Morgan fingerprint density at radius 1 is 1.41 bits per heavy atom. The van der Waals surface area contributed by atoms with Gasteiger partial charge in [-0.15, -0.1) is 5.10 Å². The molecule has 5 nitrogen and oxygen atoms in total. The van der Waals surface area contributed by atoms with Crippen LogP contribution in [0.4, 0.5) is 0 Å². The average Bonchev–Trinajstić information content (AvgIpc) is 3.29. The summed E-state index contributed by atoms with van der Waals surface area (Å²) in [5.41, 5.74) is 2.05. The summed E-state index contributed by atoms with van der Waals surface area (Å²) in [6.07, 6.45) is 3.70. The van der Waals surface area contributed by atoms with Gasteiger partial charge in [-0.3, -0.25) is 4.57 Å². The molecular weight excluding hydrogens is 298 g/mol. The van der Waals surface area contributed by atoms with Crippen molar-refractivity contribution in [2.75, 3.05) is 5.75 Å². The molecule has 0 radical (unpaired) electrons. The van der Waals surface area contributed by atoms with Crippen LogP contribution in [0.5, 0.6) is 0 Å². The Kier molecular flexibility index (Phi) is 4.69. The molecule has 0 aliphatic heterocycles. The summed E-state index contributed by atoms with van der Waals surface area (Å²) in [7, 11) is 0. The molecule has 0 unspecified atom stereocenters. The third-order valence-electron chi connectivity index (χ3n) is 3.86. The fraction of sp³-hybridized carbons (Fsp3) is 0.500. The van der Waals surface area contributed by atoms with Crippen LogP contribution in [0.2, 0.25) is 0 Å². The van der Waals surface area contributed by atoms with Gasteiger partial charge in [-0.05, 0) is 30.4 Å². The summed E-state index contributed by atoms with van der Waals surface area (Å²) in [6, 6.07) is 8.39. The molecule has 2 N–H and O–H groups in total. The van der Waals surface area contributed by atoms with E-state index in [1.165, 1.54) is 17.3 Å². The molecular formula is C16H21N3O2S. The first kappa shape index (κ1) is 15.4. The zero-order valence-electron chi connectivity index (χ0n) is 12.7. The van der Waals surface area contributed by atoms with E-state index in [-0.39, 0.29) is 5.69 Å². The van der Waals surface area contributed by atoms with Crippen molar-refractivity contribution in [2.24, 2.45) is 0 Å². The minimum atomic E-state index is -0.555. The molecule has 1 fully saturated rings. The van der Waals surface area contributed by atoms with Crippen molar-refractivity contribution in [3.05, 3.63) is 45.9 Å². The maximum Gasteiger partial charge on any atom is 0.344 e. The van der Waals surface area contributed by atoms with E-state index in [2.05, 4.69) is 29.3 Å². The summed E-state index contributed by atoms with van der Waals surface area (Å²) < 4.78 is 1.71. The minimum Gasteiger partial charge on any atom is -0.388 e. The van der Waals surface area contributed by atoms with Crippen LogP contribution in [0.15, 0.2) is 34.2 Å². The van der Waals surface area contributed by atoms with Crippen molar-refractivity contribution in [3.63, 3.8) is 0 Å². The van der Waals surface area contributed by atoms with Crippen LogP contribution < -0.4 is 5.69 Å². The predicted molar refractivity (Wildman–Crippen MR) is 87.2 cm³/mol. The molecule has 0 spiro atoms. The molecule has 1 aliphatic carbocycles. The van der Waals surface area contributed by atoms with Crippen molar-refractivity contribution in [3.8, 4) is 0 Å². The molecule has 22 heavy (non-hydrogen) atoms. The first-order valence-electron chi connectivity index (χ1n) is 7.75. The van der Waals surface area contributed by atoms with Gasteiger partial charge < -0.3 is 5.11 Å². The van der Waals surface area contributed by atoms with Crippen LogP contribution in [-0.4, -0.2) is 25.6 Å². The Balaban J connectivity index is 1.62. The lowest BCUT2D eigenvalue weighted by Crippen LogP contribution is -2.16. The monoisotopic (exact) mass is 319 g/mol. The molecule has 0 saturated heterocycles. The summed E-state index contributed by atoms with van der Waals surface area (Å²) in [4.78, 5) is 11.7. The maximum absolute atomic E-state index is 11.7. The minimum absolute atomic E-state index is 0.150. The van der Waals surface area contributed by atoms with Gasteiger partial charge in [0.05, 0.1) is 6.10 Å². The number of nitrogens with zero attached hydrogens (tertiary/aromatic N) is 2. The molecule has 0 bridgehead atoms. The van der Waals surface area contributed by atoms with Crippen molar-refractivity contribution in [1.29, 1.82) is 0 Å². The molecule has 1 heterocycles. The second kappa shape index (κ2) is 6.71. The van der Waals surface area contributed by atoms with Crippen LogP contribution in [0, 0.1) is 0 Å². The highest BCUT2D eigenvalue weighted by Gasteiger charge is 2.28. The molecule has 1 atom stereocenters. The van der Waals surface area contributed by atoms with Crippen molar-refractivity contribution in [1.82, 2.24) is 14.8 Å². The number of nitrogens with one attached hydrogen (secondary N) is 1. The Hall–Kier alpha value is -1.53. The van der Waals surface area contributed by atoms with Gasteiger partial charge in [0, 0.05) is 11.8 Å². The molecule has 2 aromatic rings. The summed E-state index contributed by atoms with van der Waals surface area (Å²) >= 11 is 1.42. The first-order chi connectivity index (χ1) is 10.7. The van der Waals surface area contributed by atoms with Gasteiger partial charge in [-0.2, -0.15) is 0 Å². The third kappa shape index (κ3) is 3.44. The van der Waals surface area contributed by atoms with E-state index < -0.39 is 6.10 Å². The molecule has 1 aliphatic rings. The Labute approximate surface area is 133 Å². The van der Waals surface area contributed by atoms with Crippen molar-refractivity contribution < 1.29 is 5.11 Å². The summed E-state index contributed by atoms with van der Waals surface area (Å²) in [5, 5.41) is 17.5. The van der Waals surface area contributed by atoms with Crippen LogP contribution in [0.1, 0.15) is 49.5 Å². The highest BCUT2D eigenvalue weighted by atomic mass is 32.2. The number of benzene rings is 1. The van der Waals surface area contributed by atoms with E-state index in [1.54, 1.807) is 4.57 Å². The Morgan fingerprint density at radius 2 is 2.14 bits per heavy atom. The number of aromatic nitrogens is 3. The number of aryl methyl sites for hydroxylation is 1. The zero-order valence-corrected chi connectivity index (χ0v) is 13.5. The number of thioether (sulfide) groups is 1. The van der Waals surface area contributed by atoms with Crippen LogP contribution in [0.3, 0.4) is 0 Å². The Morgan fingerprint density at radius 3 is 2.77 bits per heavy atom. The summed E-state index contributed by atoms with van der Waals surface area (Å²) in [5.74, 6) is 0.490. The number of aromatic amines is 1. The normalized spacial score (nSPS) is 15.9. The van der Waals surface area contributed by atoms with E-state index in [0.29, 0.717) is 17.0 Å². The van der Waals surface area contributed by atoms with E-state index in [9.17, 15) is 9.90 Å². The number of hydrogen-bond donors (Lipinski definition) is 2. The van der Waals surface area contributed by atoms with E-state index in [0.717, 1.165) is 31.2 Å². The van der Waals surface area contributed by atoms with Gasteiger partial charge in [0.1, 0.15) is 0 Å². The zero-order chi connectivity index (χ0) is 15.5. The van der Waals surface area contributed by atoms with E-state index in [4.69, 9.17) is 0 Å². The predicted octanol–water partition coefficient (Wildman–Crippen LogP) is 2.68. The van der Waals surface area contributed by atoms with Crippen molar-refractivity contribution in [2.45, 2.75) is 49.9 Å². The summed E-state index contributed by atoms with van der Waals surface area (Å²) in [6.45, 7) is 2.16. The maximum atomic E-state index is 11.7. The van der Waals surface area contributed by atoms with Crippen LogP contribution in [0.25, 0.3) is 0 Å². The molecule has 1 aromatic heterocycles. The van der Waals surface area contributed by atoms with Gasteiger partial charge in [-0.1, -0.05) is 49.4 Å². The molecule has 3 rings (SSSR count). The number of hydrogen-bond acceptors (Lipinski definition) is 4. The highest BCUT2D eigenvalue weighted by molar-refractivity contribution is 7.99. The lowest BCUT2D eigenvalue weighted by Gasteiger charge is -2.11. The molecule has 118 valence electrons. The van der Waals surface area contributed by atoms with Crippen LogP contribution >= 0.6 is 11.8 Å². The smallest absolute Gasteiger partial charge is 0.344 e. The molecule has 1 saturated carbocycles. The fourth-order valence-electron chi connectivity index (χ4n) is 2.49. The second-order valence-electron chi connectivity index (χ2n) is 5.73. The molecule has 1 aromatic carbocycles. The van der Waals surface area contributed by atoms with Crippen LogP contribution in [-0.2, 0) is 6.42 Å². The van der Waals surface area contributed by atoms with Crippen molar-refractivity contribution >= 4 is 11.8 Å². The van der Waals surface area contributed by atoms with Gasteiger partial charge in [0.25, 0.3) is 0 Å². The quantitative estimate of drug-likeness (QED) is 0.770. The van der Waals surface area contributed by atoms with Gasteiger partial charge in [-0.25, -0.2) is 9.89 Å². The average molecular weight is 319 g/mol. The Bertz CT molecular complexity index is 673.